The van der Waals surface area contributed by atoms with Crippen molar-refractivity contribution in [2.24, 2.45) is 17.3 Å². The molecule has 278 valence electrons. The molecular weight excluding hydrogens is 814 g/mol. The van der Waals surface area contributed by atoms with E-state index < -0.39 is 17.1 Å². The molecule has 16 heteroatoms. The van der Waals surface area contributed by atoms with E-state index in [1.54, 1.807) is 0 Å². The largest absolute Gasteiger partial charge is 0.394 e. The molecule has 0 fully saturated rings. The fourth-order valence-electron chi connectivity index (χ4n) is 3.86. The van der Waals surface area contributed by atoms with Crippen LogP contribution < -0.4 is 16.0 Å². The maximum absolute atomic E-state index is 12.8. The van der Waals surface area contributed by atoms with Crippen LogP contribution in [0.1, 0.15) is 47.0 Å². The van der Waals surface area contributed by atoms with E-state index in [2.05, 4.69) is 63.7 Å². The van der Waals surface area contributed by atoms with E-state index in [-0.39, 0.29) is 49.4 Å². The lowest BCUT2D eigenvalue weighted by molar-refractivity contribution is -0.128. The second-order valence-corrected chi connectivity index (χ2v) is 13.9. The predicted octanol–water partition coefficient (Wildman–Crippen LogP) is 2.16. The highest BCUT2D eigenvalue weighted by molar-refractivity contribution is 9.09. The molecule has 3 unspecified atom stereocenters. The Hall–Kier alpha value is -0.430. The second-order valence-electron chi connectivity index (χ2n) is 12.0. The molecule has 0 aliphatic rings. The summed E-state index contributed by atoms with van der Waals surface area (Å²) in [6, 6.07) is 0. The first kappa shape index (κ1) is 46.6. The van der Waals surface area contributed by atoms with Crippen LogP contribution in [-0.4, -0.2) is 141 Å². The third-order valence-electron chi connectivity index (χ3n) is 7.21. The minimum atomic E-state index is -0.884. The van der Waals surface area contributed by atoms with Crippen LogP contribution in [0.3, 0.4) is 0 Å². The smallest absolute Gasteiger partial charge is 0.226 e. The number of alkyl halides is 3. The number of carbonyl (C=O) groups is 3. The standard InChI is InChI=1S/C31H58Br3N3O10/c1-24(19-32)27(40)35-8-5-31(6-9-36-28(41)25(2)20-33,7-10-37-29(42)30(3,4)23-34)47-18-17-45-14-13-43-11-12-44-15-16-46-22-26(39)21-38/h24-26,38-39H,5-23H2,1-4H3,(H,35,40)(H,36,41)(H,37,42). The van der Waals surface area contributed by atoms with Crippen molar-refractivity contribution in [1.29, 1.82) is 0 Å². The first-order valence-corrected chi connectivity index (χ1v) is 19.5. The number of aliphatic hydroxyl groups is 2. The molecule has 0 aromatic carbocycles. The van der Waals surface area contributed by atoms with E-state index in [1.807, 2.05) is 27.7 Å². The van der Waals surface area contributed by atoms with Crippen LogP contribution in [0, 0.1) is 17.3 Å². The van der Waals surface area contributed by atoms with Gasteiger partial charge < -0.3 is 49.8 Å². The highest BCUT2D eigenvalue weighted by Crippen LogP contribution is 2.26. The Morgan fingerprint density at radius 1 is 0.681 bits per heavy atom. The molecule has 5 N–H and O–H groups in total. The molecule has 0 saturated heterocycles. The summed E-state index contributed by atoms with van der Waals surface area (Å²) < 4.78 is 28.3. The normalized spacial score (nSPS) is 15.0. The maximum atomic E-state index is 12.8. The molecule has 0 aliphatic heterocycles. The summed E-state index contributed by atoms with van der Waals surface area (Å²) in [4.78, 5) is 37.7. The number of ether oxygens (including phenoxy) is 5. The van der Waals surface area contributed by atoms with E-state index in [9.17, 15) is 19.5 Å². The summed E-state index contributed by atoms with van der Waals surface area (Å²) in [5.41, 5.74) is -1.33. The zero-order valence-electron chi connectivity index (χ0n) is 28.5. The van der Waals surface area contributed by atoms with Crippen molar-refractivity contribution < 1.29 is 48.3 Å². The molecule has 0 aliphatic carbocycles. The molecule has 47 heavy (non-hydrogen) atoms. The topological polar surface area (TPSA) is 174 Å². The Kier molecular flexibility index (Phi) is 28.0. The predicted molar refractivity (Wildman–Crippen MR) is 191 cm³/mol. The van der Waals surface area contributed by atoms with Gasteiger partial charge in [-0.25, -0.2) is 0 Å². The number of rotatable bonds is 31. The molecule has 3 atom stereocenters. The third-order valence-corrected chi connectivity index (χ3v) is 10.5. The van der Waals surface area contributed by atoms with Gasteiger partial charge in [-0.05, 0) is 19.3 Å². The van der Waals surface area contributed by atoms with E-state index in [4.69, 9.17) is 28.8 Å². The van der Waals surface area contributed by atoms with Crippen LogP contribution in [-0.2, 0) is 38.1 Å². The molecule has 3 amide bonds. The van der Waals surface area contributed by atoms with E-state index in [0.29, 0.717) is 101 Å². The third kappa shape index (κ3) is 22.8. The molecule has 0 aromatic rings. The Balaban J connectivity index is 5.04. The summed E-state index contributed by atoms with van der Waals surface area (Å²) in [6.07, 6.45) is 0.545. The Bertz CT molecular complexity index is 817. The van der Waals surface area contributed by atoms with Crippen molar-refractivity contribution in [3.8, 4) is 0 Å². The molecule has 0 radical (unpaired) electrons. The van der Waals surface area contributed by atoms with Crippen molar-refractivity contribution >= 4 is 65.5 Å². The SMILES string of the molecule is CC(CBr)C(=O)NCCC(CCNC(=O)C(C)CBr)(CCNC(=O)C(C)(C)CBr)OCCOCCOCCOCCOCC(O)CO. The van der Waals surface area contributed by atoms with Gasteiger partial charge in [-0.2, -0.15) is 0 Å². The van der Waals surface area contributed by atoms with Crippen LogP contribution in [0.5, 0.6) is 0 Å². The monoisotopic (exact) mass is 869 g/mol. The number of hydrogen-bond acceptors (Lipinski definition) is 10. The maximum Gasteiger partial charge on any atom is 0.226 e. The minimum Gasteiger partial charge on any atom is -0.394 e. The molecular formula is C31H58Br3N3O10. The number of amides is 3. The van der Waals surface area contributed by atoms with Gasteiger partial charge in [0, 0.05) is 47.5 Å². The van der Waals surface area contributed by atoms with E-state index in [0.717, 1.165) is 0 Å². The summed E-state index contributed by atoms with van der Waals surface area (Å²) in [7, 11) is 0. The van der Waals surface area contributed by atoms with Gasteiger partial charge in [0.25, 0.3) is 0 Å². The van der Waals surface area contributed by atoms with Crippen molar-refractivity contribution in [1.82, 2.24) is 16.0 Å². The minimum absolute atomic E-state index is 0.0608. The van der Waals surface area contributed by atoms with Gasteiger partial charge in [0.1, 0.15) is 6.10 Å². The molecule has 0 spiro atoms. The quantitative estimate of drug-likeness (QED) is 0.0514. The summed E-state index contributed by atoms with van der Waals surface area (Å²) >= 11 is 10.1. The van der Waals surface area contributed by atoms with E-state index in [1.165, 1.54) is 0 Å². The van der Waals surface area contributed by atoms with Gasteiger partial charge in [-0.15, -0.1) is 0 Å². The first-order chi connectivity index (χ1) is 22.4. The zero-order chi connectivity index (χ0) is 35.6. The fourth-order valence-corrected chi connectivity index (χ4v) is 4.70. The summed E-state index contributed by atoms with van der Waals surface area (Å²) in [6.45, 7) is 11.0. The number of halogens is 3. The summed E-state index contributed by atoms with van der Waals surface area (Å²) in [5.74, 6) is -0.586. The molecule has 13 nitrogen and oxygen atoms in total. The average Bonchev–Trinajstić information content (AvgIpc) is 3.06. The molecule has 0 heterocycles. The van der Waals surface area contributed by atoms with Gasteiger partial charge in [0.15, 0.2) is 0 Å². The average molecular weight is 873 g/mol. The molecule has 0 saturated carbocycles. The van der Waals surface area contributed by atoms with Crippen molar-refractivity contribution in [3.63, 3.8) is 0 Å². The summed E-state index contributed by atoms with van der Waals surface area (Å²) in [5, 5.41) is 28.6. The van der Waals surface area contributed by atoms with E-state index >= 15 is 0 Å². The van der Waals surface area contributed by atoms with Gasteiger partial charge >= 0.3 is 0 Å². The van der Waals surface area contributed by atoms with Crippen molar-refractivity contribution in [3.05, 3.63) is 0 Å². The Morgan fingerprint density at radius 3 is 1.49 bits per heavy atom. The molecule has 0 bridgehead atoms. The second kappa shape index (κ2) is 28.3. The van der Waals surface area contributed by atoms with Crippen LogP contribution in [0.15, 0.2) is 0 Å². The lowest BCUT2D eigenvalue weighted by Crippen LogP contribution is -2.46. The molecule has 0 aromatic heterocycles. The number of aliphatic hydroxyl groups excluding tert-OH is 2. The number of hydrogen-bond donors (Lipinski definition) is 5. The van der Waals surface area contributed by atoms with Crippen LogP contribution in [0.2, 0.25) is 0 Å². The van der Waals surface area contributed by atoms with Crippen LogP contribution in [0.4, 0.5) is 0 Å². The lowest BCUT2D eigenvalue weighted by atomic mass is 9.90. The molecule has 0 rings (SSSR count). The van der Waals surface area contributed by atoms with Gasteiger partial charge in [0.05, 0.1) is 77.1 Å². The first-order valence-electron chi connectivity index (χ1n) is 16.1. The van der Waals surface area contributed by atoms with Gasteiger partial charge in [-0.3, -0.25) is 14.4 Å². The zero-order valence-corrected chi connectivity index (χ0v) is 33.2. The fraction of sp³-hybridized carbons (Fsp3) is 0.903. The van der Waals surface area contributed by atoms with Crippen molar-refractivity contribution in [2.75, 3.05) is 102 Å². The van der Waals surface area contributed by atoms with Crippen LogP contribution >= 0.6 is 47.8 Å². The number of carbonyl (C=O) groups excluding carboxylic acids is 3. The Morgan fingerprint density at radius 2 is 1.09 bits per heavy atom. The van der Waals surface area contributed by atoms with Crippen LogP contribution in [0.25, 0.3) is 0 Å². The highest BCUT2D eigenvalue weighted by Gasteiger charge is 2.33. The van der Waals surface area contributed by atoms with Gasteiger partial charge in [-0.1, -0.05) is 75.5 Å². The lowest BCUT2D eigenvalue weighted by Gasteiger charge is -2.35. The number of nitrogens with one attached hydrogen (secondary N) is 3. The van der Waals surface area contributed by atoms with Gasteiger partial charge in [0.2, 0.25) is 17.7 Å². The Labute approximate surface area is 306 Å². The van der Waals surface area contributed by atoms with Crippen molar-refractivity contribution in [2.45, 2.75) is 58.7 Å². The highest BCUT2D eigenvalue weighted by atomic mass is 79.9.